The van der Waals surface area contributed by atoms with Crippen LogP contribution in [0.1, 0.15) is 44.1 Å². The van der Waals surface area contributed by atoms with Crippen LogP contribution in [0, 0.1) is 11.8 Å². The maximum Gasteiger partial charge on any atom is 0.222 e. The van der Waals surface area contributed by atoms with Crippen LogP contribution in [0.25, 0.3) is 10.9 Å². The number of hydrogen-bond donors (Lipinski definition) is 0. The van der Waals surface area contributed by atoms with Gasteiger partial charge in [-0.1, -0.05) is 12.1 Å². The molecule has 2 aliphatic rings. The molecule has 2 saturated heterocycles. The summed E-state index contributed by atoms with van der Waals surface area (Å²) in [6.45, 7) is 3.49. The second-order valence-corrected chi connectivity index (χ2v) is 8.17. The van der Waals surface area contributed by atoms with E-state index in [0.29, 0.717) is 24.2 Å². The van der Waals surface area contributed by atoms with E-state index in [1.807, 2.05) is 12.3 Å². The molecule has 0 aliphatic carbocycles. The minimum absolute atomic E-state index is 0.360. The normalized spacial score (nSPS) is 21.9. The minimum atomic E-state index is 0.360. The average molecular weight is 367 g/mol. The SMILES string of the molecule is O=C(CC1CCOCC1)N1CCCC(Cc2ccc3ncccc3c2)CC1. The Balaban J connectivity index is 1.31. The van der Waals surface area contributed by atoms with Crippen molar-refractivity contribution in [1.29, 1.82) is 0 Å². The molecule has 2 aliphatic heterocycles. The average Bonchev–Trinajstić information content (AvgIpc) is 2.94. The van der Waals surface area contributed by atoms with Crippen molar-refractivity contribution in [3.63, 3.8) is 0 Å². The Morgan fingerprint density at radius 3 is 2.85 bits per heavy atom. The molecule has 4 rings (SSSR count). The molecule has 0 spiro atoms. The molecule has 0 radical (unpaired) electrons. The van der Waals surface area contributed by atoms with Crippen LogP contribution in [-0.2, 0) is 16.0 Å². The summed E-state index contributed by atoms with van der Waals surface area (Å²) < 4.78 is 5.42. The van der Waals surface area contributed by atoms with E-state index in [-0.39, 0.29) is 0 Å². The van der Waals surface area contributed by atoms with Crippen LogP contribution >= 0.6 is 0 Å². The van der Waals surface area contributed by atoms with Crippen LogP contribution in [-0.4, -0.2) is 42.1 Å². The van der Waals surface area contributed by atoms with Crippen LogP contribution in [0.2, 0.25) is 0 Å². The summed E-state index contributed by atoms with van der Waals surface area (Å²) in [6, 6.07) is 10.8. The monoisotopic (exact) mass is 366 g/mol. The molecule has 0 saturated carbocycles. The van der Waals surface area contributed by atoms with Gasteiger partial charge in [0.15, 0.2) is 0 Å². The molecule has 27 heavy (non-hydrogen) atoms. The molecule has 2 fully saturated rings. The van der Waals surface area contributed by atoms with Crippen LogP contribution < -0.4 is 0 Å². The summed E-state index contributed by atoms with van der Waals surface area (Å²) in [6.07, 6.45) is 9.20. The summed E-state index contributed by atoms with van der Waals surface area (Å²) in [5, 5.41) is 1.22. The van der Waals surface area contributed by atoms with E-state index in [2.05, 4.69) is 34.1 Å². The number of nitrogens with zero attached hydrogens (tertiary/aromatic N) is 2. The van der Waals surface area contributed by atoms with Crippen molar-refractivity contribution in [3.05, 3.63) is 42.1 Å². The number of fused-ring (bicyclic) bond motifs is 1. The molecule has 144 valence electrons. The number of aromatic nitrogens is 1. The first-order valence-corrected chi connectivity index (χ1v) is 10.5. The lowest BCUT2D eigenvalue weighted by molar-refractivity contribution is -0.132. The number of hydrogen-bond acceptors (Lipinski definition) is 3. The Kier molecular flexibility index (Phi) is 6.03. The first-order valence-electron chi connectivity index (χ1n) is 10.5. The highest BCUT2D eigenvalue weighted by molar-refractivity contribution is 5.79. The van der Waals surface area contributed by atoms with E-state index in [9.17, 15) is 4.79 Å². The maximum absolute atomic E-state index is 12.7. The van der Waals surface area contributed by atoms with Gasteiger partial charge in [-0.3, -0.25) is 9.78 Å². The van der Waals surface area contributed by atoms with Crippen LogP contribution in [0.4, 0.5) is 0 Å². The molecule has 0 N–H and O–H groups in total. The molecule has 1 amide bonds. The zero-order valence-corrected chi connectivity index (χ0v) is 16.1. The lowest BCUT2D eigenvalue weighted by Gasteiger charge is -2.26. The van der Waals surface area contributed by atoms with E-state index in [1.165, 1.54) is 17.4 Å². The molecule has 1 aromatic heterocycles. The van der Waals surface area contributed by atoms with Crippen molar-refractivity contribution in [2.24, 2.45) is 11.8 Å². The maximum atomic E-state index is 12.7. The Hall–Kier alpha value is -1.94. The predicted octanol–water partition coefficient (Wildman–Crippen LogP) is 4.22. The number of carbonyl (C=O) groups excluding carboxylic acids is 1. The highest BCUT2D eigenvalue weighted by Crippen LogP contribution is 2.25. The lowest BCUT2D eigenvalue weighted by atomic mass is 9.92. The van der Waals surface area contributed by atoms with E-state index < -0.39 is 0 Å². The molecule has 0 bridgehead atoms. The number of amides is 1. The van der Waals surface area contributed by atoms with Gasteiger partial charge in [0, 0.05) is 44.3 Å². The van der Waals surface area contributed by atoms with E-state index in [4.69, 9.17) is 4.74 Å². The number of carbonyl (C=O) groups is 1. The summed E-state index contributed by atoms with van der Waals surface area (Å²) in [4.78, 5) is 19.2. The summed E-state index contributed by atoms with van der Waals surface area (Å²) in [5.74, 6) is 1.55. The highest BCUT2D eigenvalue weighted by atomic mass is 16.5. The Bertz CT molecular complexity index is 770. The topological polar surface area (TPSA) is 42.4 Å². The van der Waals surface area contributed by atoms with E-state index in [0.717, 1.165) is 63.9 Å². The van der Waals surface area contributed by atoms with Gasteiger partial charge in [-0.05, 0) is 74.1 Å². The van der Waals surface area contributed by atoms with Crippen molar-refractivity contribution in [3.8, 4) is 0 Å². The standard InChI is InChI=1S/C23H30N2O2/c26-23(17-19-8-13-27-14-9-19)25-11-2-3-18(7-12-25)15-20-5-6-22-21(16-20)4-1-10-24-22/h1,4-6,10,16,18-19H,2-3,7-9,11-15,17H2. The third kappa shape index (κ3) is 4.86. The zero-order chi connectivity index (χ0) is 18.5. The van der Waals surface area contributed by atoms with Crippen molar-refractivity contribution in [2.75, 3.05) is 26.3 Å². The third-order valence-corrected chi connectivity index (χ3v) is 6.20. The van der Waals surface area contributed by atoms with Gasteiger partial charge in [-0.25, -0.2) is 0 Å². The lowest BCUT2D eigenvalue weighted by Crippen LogP contribution is -2.34. The fourth-order valence-corrected chi connectivity index (χ4v) is 4.53. The van der Waals surface area contributed by atoms with Crippen LogP contribution in [0.15, 0.2) is 36.5 Å². The number of benzene rings is 1. The molecule has 1 unspecified atom stereocenters. The quantitative estimate of drug-likeness (QED) is 0.813. The molecular formula is C23H30N2O2. The van der Waals surface area contributed by atoms with Gasteiger partial charge < -0.3 is 9.64 Å². The van der Waals surface area contributed by atoms with Gasteiger partial charge in [0.1, 0.15) is 0 Å². The van der Waals surface area contributed by atoms with Crippen LogP contribution in [0.5, 0.6) is 0 Å². The van der Waals surface area contributed by atoms with Crippen molar-refractivity contribution in [1.82, 2.24) is 9.88 Å². The van der Waals surface area contributed by atoms with Gasteiger partial charge in [-0.15, -0.1) is 0 Å². The second kappa shape index (κ2) is 8.83. The van der Waals surface area contributed by atoms with E-state index in [1.54, 1.807) is 0 Å². The summed E-state index contributed by atoms with van der Waals surface area (Å²) in [5.41, 5.74) is 2.45. The highest BCUT2D eigenvalue weighted by Gasteiger charge is 2.24. The van der Waals surface area contributed by atoms with E-state index >= 15 is 0 Å². The van der Waals surface area contributed by atoms with Crippen LogP contribution in [0.3, 0.4) is 0 Å². The van der Waals surface area contributed by atoms with Gasteiger partial charge >= 0.3 is 0 Å². The first kappa shape index (κ1) is 18.4. The summed E-state index contributed by atoms with van der Waals surface area (Å²) >= 11 is 0. The van der Waals surface area contributed by atoms with Crippen molar-refractivity contribution >= 4 is 16.8 Å². The molecule has 4 heteroatoms. The molecule has 1 atom stereocenters. The second-order valence-electron chi connectivity index (χ2n) is 8.17. The first-order chi connectivity index (χ1) is 13.3. The molecule has 2 aromatic rings. The fraction of sp³-hybridized carbons (Fsp3) is 0.565. The zero-order valence-electron chi connectivity index (χ0n) is 16.1. The Labute approximate surface area is 161 Å². The van der Waals surface area contributed by atoms with Gasteiger partial charge in [0.2, 0.25) is 5.91 Å². The number of pyridine rings is 1. The Morgan fingerprint density at radius 2 is 1.96 bits per heavy atom. The minimum Gasteiger partial charge on any atom is -0.381 e. The number of likely N-dealkylation sites (tertiary alicyclic amines) is 1. The molecule has 1 aromatic carbocycles. The number of ether oxygens (including phenoxy) is 1. The van der Waals surface area contributed by atoms with Gasteiger partial charge in [-0.2, -0.15) is 0 Å². The largest absolute Gasteiger partial charge is 0.381 e. The summed E-state index contributed by atoms with van der Waals surface area (Å²) in [7, 11) is 0. The molecule has 3 heterocycles. The molecule has 4 nitrogen and oxygen atoms in total. The third-order valence-electron chi connectivity index (χ3n) is 6.20. The van der Waals surface area contributed by atoms with Crippen molar-refractivity contribution < 1.29 is 9.53 Å². The molecular weight excluding hydrogens is 336 g/mol. The number of rotatable bonds is 4. The van der Waals surface area contributed by atoms with Gasteiger partial charge in [0.25, 0.3) is 0 Å². The van der Waals surface area contributed by atoms with Crippen molar-refractivity contribution in [2.45, 2.75) is 44.9 Å². The Morgan fingerprint density at radius 1 is 1.07 bits per heavy atom. The predicted molar refractivity (Wildman–Crippen MR) is 108 cm³/mol. The fourth-order valence-electron chi connectivity index (χ4n) is 4.53. The van der Waals surface area contributed by atoms with Gasteiger partial charge in [0.05, 0.1) is 5.52 Å². The smallest absolute Gasteiger partial charge is 0.222 e.